The SMILES string of the molecule is CCCCc1cn(-c2c(F)cccc2CC)c(=O)n1Cc1ccc(-c2cccnc2-c2nnn[nH]2)cc1. The molecule has 9 heteroatoms. The van der Waals surface area contributed by atoms with Crippen LogP contribution < -0.4 is 5.69 Å². The summed E-state index contributed by atoms with van der Waals surface area (Å²) < 4.78 is 18.1. The minimum Gasteiger partial charge on any atom is -0.292 e. The van der Waals surface area contributed by atoms with E-state index in [2.05, 4.69) is 32.5 Å². The van der Waals surface area contributed by atoms with Crippen LogP contribution in [-0.4, -0.2) is 34.7 Å². The third kappa shape index (κ3) is 4.84. The van der Waals surface area contributed by atoms with Gasteiger partial charge in [-0.25, -0.2) is 14.3 Å². The second kappa shape index (κ2) is 10.7. The number of hydrogen-bond donors (Lipinski definition) is 1. The smallest absolute Gasteiger partial charge is 0.292 e. The normalized spacial score (nSPS) is 11.2. The Bertz CT molecular complexity index is 1550. The number of aryl methyl sites for hydroxylation is 2. The lowest BCUT2D eigenvalue weighted by atomic mass is 10.0. The fraction of sp³-hybridized carbons (Fsp3) is 0.250. The second-order valence-electron chi connectivity index (χ2n) is 8.91. The summed E-state index contributed by atoms with van der Waals surface area (Å²) in [7, 11) is 0. The van der Waals surface area contributed by atoms with Crippen LogP contribution in [0, 0.1) is 5.82 Å². The molecular formula is C28H28FN7O. The highest BCUT2D eigenvalue weighted by molar-refractivity contribution is 5.77. The molecule has 0 saturated heterocycles. The highest BCUT2D eigenvalue weighted by Crippen LogP contribution is 2.28. The lowest BCUT2D eigenvalue weighted by Crippen LogP contribution is -2.26. The predicted molar refractivity (Wildman–Crippen MR) is 140 cm³/mol. The highest BCUT2D eigenvalue weighted by atomic mass is 19.1. The molecule has 0 bridgehead atoms. The van der Waals surface area contributed by atoms with Gasteiger partial charge in [0.25, 0.3) is 0 Å². The van der Waals surface area contributed by atoms with E-state index in [1.807, 2.05) is 49.4 Å². The van der Waals surface area contributed by atoms with Gasteiger partial charge < -0.3 is 0 Å². The number of tetrazole rings is 1. The van der Waals surface area contributed by atoms with Gasteiger partial charge in [0.15, 0.2) is 5.82 Å². The van der Waals surface area contributed by atoms with Crippen LogP contribution in [-0.2, 0) is 19.4 Å². The molecule has 0 aliphatic carbocycles. The Labute approximate surface area is 213 Å². The summed E-state index contributed by atoms with van der Waals surface area (Å²) in [6.07, 6.45) is 6.83. The second-order valence-corrected chi connectivity index (χ2v) is 8.91. The number of hydrogen-bond acceptors (Lipinski definition) is 5. The summed E-state index contributed by atoms with van der Waals surface area (Å²) in [5.41, 5.74) is 5.29. The van der Waals surface area contributed by atoms with E-state index in [1.54, 1.807) is 23.0 Å². The molecule has 2 aromatic carbocycles. The molecule has 1 N–H and O–H groups in total. The van der Waals surface area contributed by atoms with E-state index in [0.29, 0.717) is 30.2 Å². The summed E-state index contributed by atoms with van der Waals surface area (Å²) >= 11 is 0. The van der Waals surface area contributed by atoms with Gasteiger partial charge in [-0.3, -0.25) is 14.1 Å². The summed E-state index contributed by atoms with van der Waals surface area (Å²) in [6.45, 7) is 4.48. The Morgan fingerprint density at radius 2 is 1.86 bits per heavy atom. The van der Waals surface area contributed by atoms with Gasteiger partial charge in [-0.15, -0.1) is 5.10 Å². The summed E-state index contributed by atoms with van der Waals surface area (Å²) in [4.78, 5) is 18.0. The maximum Gasteiger partial charge on any atom is 0.333 e. The van der Waals surface area contributed by atoms with Gasteiger partial charge >= 0.3 is 5.69 Å². The van der Waals surface area contributed by atoms with E-state index in [1.165, 1.54) is 10.6 Å². The number of benzene rings is 2. The molecule has 37 heavy (non-hydrogen) atoms. The van der Waals surface area contributed by atoms with Crippen molar-refractivity contribution in [3.8, 4) is 28.3 Å². The molecule has 0 unspecified atom stereocenters. The first kappa shape index (κ1) is 24.3. The number of rotatable bonds is 9. The van der Waals surface area contributed by atoms with Crippen LogP contribution in [0.4, 0.5) is 4.39 Å². The summed E-state index contributed by atoms with van der Waals surface area (Å²) in [6, 6.07) is 16.8. The van der Waals surface area contributed by atoms with Crippen molar-refractivity contribution in [2.75, 3.05) is 0 Å². The third-order valence-corrected chi connectivity index (χ3v) is 6.52. The zero-order valence-corrected chi connectivity index (χ0v) is 20.9. The number of H-pyrrole nitrogens is 1. The number of aromatic amines is 1. The van der Waals surface area contributed by atoms with E-state index in [0.717, 1.165) is 47.2 Å². The van der Waals surface area contributed by atoms with Crippen molar-refractivity contribution in [2.24, 2.45) is 0 Å². The van der Waals surface area contributed by atoms with Gasteiger partial charge in [0.05, 0.1) is 12.2 Å². The molecule has 0 atom stereocenters. The third-order valence-electron chi connectivity index (χ3n) is 6.52. The first-order chi connectivity index (χ1) is 18.1. The Morgan fingerprint density at radius 3 is 2.59 bits per heavy atom. The Kier molecular flexibility index (Phi) is 7.02. The van der Waals surface area contributed by atoms with Crippen molar-refractivity contribution in [1.82, 2.24) is 34.7 Å². The number of aromatic nitrogens is 7. The monoisotopic (exact) mass is 497 g/mol. The molecule has 0 aliphatic heterocycles. The molecule has 0 amide bonds. The van der Waals surface area contributed by atoms with Crippen LogP contribution in [0.15, 0.2) is 71.8 Å². The van der Waals surface area contributed by atoms with Crippen molar-refractivity contribution >= 4 is 0 Å². The number of unbranched alkanes of at least 4 members (excludes halogenated alkanes) is 1. The molecule has 0 aliphatic rings. The molecule has 188 valence electrons. The van der Waals surface area contributed by atoms with Gasteiger partial charge in [0.2, 0.25) is 0 Å². The van der Waals surface area contributed by atoms with Crippen molar-refractivity contribution < 1.29 is 4.39 Å². The zero-order valence-electron chi connectivity index (χ0n) is 20.9. The van der Waals surface area contributed by atoms with E-state index in [4.69, 9.17) is 0 Å². The largest absolute Gasteiger partial charge is 0.333 e. The number of pyridine rings is 1. The van der Waals surface area contributed by atoms with Crippen LogP contribution in [0.1, 0.15) is 43.5 Å². The lowest BCUT2D eigenvalue weighted by Gasteiger charge is -2.10. The van der Waals surface area contributed by atoms with Gasteiger partial charge in [-0.1, -0.05) is 62.7 Å². The van der Waals surface area contributed by atoms with E-state index in [9.17, 15) is 9.18 Å². The van der Waals surface area contributed by atoms with E-state index in [-0.39, 0.29) is 11.5 Å². The van der Waals surface area contributed by atoms with Crippen LogP contribution in [0.3, 0.4) is 0 Å². The highest BCUT2D eigenvalue weighted by Gasteiger charge is 2.18. The minimum atomic E-state index is -0.390. The maximum atomic E-state index is 14.9. The number of imidazole rings is 1. The van der Waals surface area contributed by atoms with Crippen molar-refractivity contribution in [1.29, 1.82) is 0 Å². The first-order valence-electron chi connectivity index (χ1n) is 12.5. The Hall–Kier alpha value is -4.40. The Balaban J connectivity index is 1.50. The summed E-state index contributed by atoms with van der Waals surface area (Å²) in [5, 5.41) is 14.1. The van der Waals surface area contributed by atoms with Crippen LogP contribution >= 0.6 is 0 Å². The molecule has 3 aromatic heterocycles. The van der Waals surface area contributed by atoms with Gasteiger partial charge in [0, 0.05) is 23.7 Å². The molecule has 5 rings (SSSR count). The van der Waals surface area contributed by atoms with Gasteiger partial charge in [0.1, 0.15) is 11.5 Å². The predicted octanol–water partition coefficient (Wildman–Crippen LogP) is 4.97. The number of halogens is 1. The topological polar surface area (TPSA) is 94.3 Å². The molecular weight excluding hydrogens is 469 g/mol. The molecule has 8 nitrogen and oxygen atoms in total. The van der Waals surface area contributed by atoms with E-state index >= 15 is 0 Å². The van der Waals surface area contributed by atoms with E-state index < -0.39 is 0 Å². The van der Waals surface area contributed by atoms with Crippen LogP contribution in [0.2, 0.25) is 0 Å². The molecule has 0 fully saturated rings. The molecule has 0 saturated carbocycles. The van der Waals surface area contributed by atoms with Gasteiger partial charge in [-0.05, 0) is 58.5 Å². The molecule has 5 aromatic rings. The standard InChI is InChI=1S/C28H28FN7O/c1-3-5-9-22-18-36(26-20(4-2)8-6-11-24(26)29)28(37)35(22)17-19-12-14-21(15-13-19)23-10-7-16-30-25(23)27-31-33-34-32-27/h6-8,10-16,18H,3-5,9,17H2,1-2H3,(H,31,32,33,34). The number of nitrogens with one attached hydrogen (secondary N) is 1. The molecule has 0 spiro atoms. The summed E-state index contributed by atoms with van der Waals surface area (Å²) in [5.74, 6) is 0.104. The maximum absolute atomic E-state index is 14.9. The first-order valence-corrected chi connectivity index (χ1v) is 12.5. The Morgan fingerprint density at radius 1 is 1.03 bits per heavy atom. The average Bonchev–Trinajstić information content (AvgIpc) is 3.57. The quantitative estimate of drug-likeness (QED) is 0.310. The molecule has 0 radical (unpaired) electrons. The van der Waals surface area contributed by atoms with Crippen LogP contribution in [0.25, 0.3) is 28.3 Å². The molecule has 3 heterocycles. The number of para-hydroxylation sites is 1. The van der Waals surface area contributed by atoms with Crippen LogP contribution in [0.5, 0.6) is 0 Å². The fourth-order valence-corrected chi connectivity index (χ4v) is 4.59. The minimum absolute atomic E-state index is 0.234. The van der Waals surface area contributed by atoms with Crippen molar-refractivity contribution in [2.45, 2.75) is 46.1 Å². The fourth-order valence-electron chi connectivity index (χ4n) is 4.59. The van der Waals surface area contributed by atoms with Crippen molar-refractivity contribution in [3.05, 3.63) is 100 Å². The zero-order chi connectivity index (χ0) is 25.8. The average molecular weight is 498 g/mol. The van der Waals surface area contributed by atoms with Crippen molar-refractivity contribution in [3.63, 3.8) is 0 Å². The van der Waals surface area contributed by atoms with Gasteiger partial charge in [-0.2, -0.15) is 0 Å². The number of nitrogens with zero attached hydrogens (tertiary/aromatic N) is 6. The lowest BCUT2D eigenvalue weighted by molar-refractivity contribution is 0.610.